The minimum Gasteiger partial charge on any atom is -0.480 e. The Balaban J connectivity index is 1.73. The van der Waals surface area contributed by atoms with Crippen molar-refractivity contribution >= 4 is 23.7 Å². The van der Waals surface area contributed by atoms with Crippen molar-refractivity contribution in [1.29, 1.82) is 0 Å². The molecule has 1 aliphatic rings. The molecule has 0 bridgehead atoms. The summed E-state index contributed by atoms with van der Waals surface area (Å²) in [5.41, 5.74) is 1.48. The quantitative estimate of drug-likeness (QED) is 0.538. The fourth-order valence-corrected chi connectivity index (χ4v) is 3.75. The average Bonchev–Trinajstić information content (AvgIpc) is 3.26. The number of azo groups is 1. The molecule has 0 spiro atoms. The summed E-state index contributed by atoms with van der Waals surface area (Å²) in [7, 11) is 0. The number of benzene rings is 2. The van der Waals surface area contributed by atoms with Gasteiger partial charge in [0.15, 0.2) is 0 Å². The number of nitrogens with zero attached hydrogens (tertiary/aromatic N) is 3. The van der Waals surface area contributed by atoms with E-state index in [9.17, 15) is 19.5 Å². The smallest absolute Gasteiger partial charge is 0.410 e. The van der Waals surface area contributed by atoms with Gasteiger partial charge in [-0.15, -0.1) is 0 Å². The van der Waals surface area contributed by atoms with Crippen molar-refractivity contribution in [2.45, 2.75) is 51.4 Å². The van der Waals surface area contributed by atoms with Gasteiger partial charge in [0, 0.05) is 13.0 Å². The van der Waals surface area contributed by atoms with Crippen molar-refractivity contribution in [1.82, 2.24) is 10.2 Å². The summed E-state index contributed by atoms with van der Waals surface area (Å²) in [6.45, 7) is 3.96. The molecule has 0 aromatic heterocycles. The number of carboxylic acid groups (broad SMARTS) is 1. The van der Waals surface area contributed by atoms with Crippen molar-refractivity contribution < 1.29 is 24.2 Å². The van der Waals surface area contributed by atoms with Crippen LogP contribution in [0.5, 0.6) is 0 Å². The molecule has 1 heterocycles. The maximum absolute atomic E-state index is 13.1. The lowest BCUT2D eigenvalue weighted by atomic mass is 10.0. The fourth-order valence-electron chi connectivity index (χ4n) is 3.75. The standard InChI is InChI=1S/C25H30N4O5/c1-17(2)13-21(24(31)32)26-23(30)22-14-20(28-27-19-11-7-4-8-12-19)15-29(22)25(33)34-16-18-9-5-3-6-10-18/h3-12,17,20-22H,13-16H2,1-2H3,(H,26,30)(H,31,32)/t20?,21-,22-/m0/s1. The molecule has 2 aromatic rings. The zero-order valence-electron chi connectivity index (χ0n) is 19.3. The fraction of sp³-hybridized carbons (Fsp3) is 0.400. The van der Waals surface area contributed by atoms with Crippen molar-refractivity contribution in [2.75, 3.05) is 6.54 Å². The molecule has 0 saturated carbocycles. The highest BCUT2D eigenvalue weighted by atomic mass is 16.6. The molecule has 2 amide bonds. The Morgan fingerprint density at radius 3 is 2.35 bits per heavy atom. The maximum Gasteiger partial charge on any atom is 0.410 e. The molecule has 3 rings (SSSR count). The Bertz CT molecular complexity index is 997. The molecular weight excluding hydrogens is 436 g/mol. The lowest BCUT2D eigenvalue weighted by molar-refractivity contribution is -0.142. The lowest BCUT2D eigenvalue weighted by Gasteiger charge is -2.25. The molecule has 2 aromatic carbocycles. The Labute approximate surface area is 198 Å². The van der Waals surface area contributed by atoms with Gasteiger partial charge in [0.25, 0.3) is 0 Å². The number of aliphatic carboxylic acids is 1. The van der Waals surface area contributed by atoms with E-state index < -0.39 is 36.1 Å². The van der Waals surface area contributed by atoms with Crippen LogP contribution in [0.15, 0.2) is 70.9 Å². The molecule has 1 saturated heterocycles. The zero-order valence-corrected chi connectivity index (χ0v) is 19.3. The van der Waals surface area contributed by atoms with Gasteiger partial charge >= 0.3 is 12.1 Å². The second-order valence-corrected chi connectivity index (χ2v) is 8.68. The van der Waals surface area contributed by atoms with Gasteiger partial charge in [0.2, 0.25) is 5.91 Å². The molecule has 34 heavy (non-hydrogen) atoms. The third kappa shape index (κ3) is 7.13. The molecule has 1 aliphatic heterocycles. The third-order valence-electron chi connectivity index (χ3n) is 5.44. The predicted octanol–water partition coefficient (Wildman–Crippen LogP) is 4.17. The van der Waals surface area contributed by atoms with Crippen molar-refractivity contribution in [3.8, 4) is 0 Å². The number of carboxylic acids is 1. The third-order valence-corrected chi connectivity index (χ3v) is 5.44. The van der Waals surface area contributed by atoms with Gasteiger partial charge < -0.3 is 15.2 Å². The number of likely N-dealkylation sites (tertiary alicyclic amines) is 1. The number of ether oxygens (including phenoxy) is 1. The summed E-state index contributed by atoms with van der Waals surface area (Å²) in [6, 6.07) is 16.0. The monoisotopic (exact) mass is 466 g/mol. The van der Waals surface area contributed by atoms with Gasteiger partial charge in [0.05, 0.1) is 11.7 Å². The molecule has 1 fully saturated rings. The van der Waals surface area contributed by atoms with Gasteiger partial charge in [-0.2, -0.15) is 10.2 Å². The maximum atomic E-state index is 13.1. The van der Waals surface area contributed by atoms with E-state index in [4.69, 9.17) is 4.74 Å². The van der Waals surface area contributed by atoms with E-state index in [0.717, 1.165) is 5.56 Å². The molecule has 0 aliphatic carbocycles. The van der Waals surface area contributed by atoms with Crippen molar-refractivity contribution in [3.63, 3.8) is 0 Å². The highest BCUT2D eigenvalue weighted by Crippen LogP contribution is 2.24. The van der Waals surface area contributed by atoms with Crippen LogP contribution in [0.4, 0.5) is 10.5 Å². The molecule has 1 unspecified atom stereocenters. The molecule has 9 nitrogen and oxygen atoms in total. The van der Waals surface area contributed by atoms with E-state index in [1.165, 1.54) is 4.90 Å². The van der Waals surface area contributed by atoms with Crippen LogP contribution in [0.2, 0.25) is 0 Å². The van der Waals surface area contributed by atoms with Crippen LogP contribution in [-0.4, -0.2) is 52.6 Å². The average molecular weight is 467 g/mol. The number of nitrogens with one attached hydrogen (secondary N) is 1. The van der Waals surface area contributed by atoms with E-state index in [1.54, 1.807) is 12.1 Å². The molecule has 0 radical (unpaired) electrons. The van der Waals surface area contributed by atoms with E-state index in [0.29, 0.717) is 5.69 Å². The normalized spacial score (nSPS) is 18.7. The van der Waals surface area contributed by atoms with Gasteiger partial charge in [-0.1, -0.05) is 62.4 Å². The highest BCUT2D eigenvalue weighted by Gasteiger charge is 2.42. The lowest BCUT2D eigenvalue weighted by Crippen LogP contribution is -2.51. The zero-order chi connectivity index (χ0) is 24.5. The Kier molecular flexibility index (Phi) is 8.73. The first-order valence-corrected chi connectivity index (χ1v) is 11.3. The van der Waals surface area contributed by atoms with E-state index >= 15 is 0 Å². The van der Waals surface area contributed by atoms with Crippen LogP contribution < -0.4 is 5.32 Å². The summed E-state index contributed by atoms with van der Waals surface area (Å²) in [6.07, 6.45) is -0.155. The van der Waals surface area contributed by atoms with E-state index in [-0.39, 0.29) is 31.9 Å². The van der Waals surface area contributed by atoms with E-state index in [2.05, 4.69) is 15.5 Å². The summed E-state index contributed by atoms with van der Waals surface area (Å²) in [5, 5.41) is 20.6. The second kappa shape index (κ2) is 11.9. The minimum absolute atomic E-state index is 0.0613. The van der Waals surface area contributed by atoms with Gasteiger partial charge in [0.1, 0.15) is 18.7 Å². The molecule has 3 atom stereocenters. The topological polar surface area (TPSA) is 121 Å². The van der Waals surface area contributed by atoms with Crippen LogP contribution in [0, 0.1) is 5.92 Å². The number of rotatable bonds is 9. The summed E-state index contributed by atoms with van der Waals surface area (Å²) in [4.78, 5) is 38.9. The largest absolute Gasteiger partial charge is 0.480 e. The molecule has 2 N–H and O–H groups in total. The first-order valence-electron chi connectivity index (χ1n) is 11.3. The number of amides is 2. The summed E-state index contributed by atoms with van der Waals surface area (Å²) in [5.74, 6) is -1.58. The SMILES string of the molecule is CC(C)C[C@H](NC(=O)[C@@H]1CC(N=Nc2ccccc2)CN1C(=O)OCc1ccccc1)C(=O)O. The second-order valence-electron chi connectivity index (χ2n) is 8.68. The van der Waals surface area contributed by atoms with Crippen LogP contribution in [0.3, 0.4) is 0 Å². The first-order chi connectivity index (χ1) is 16.3. The molecule has 180 valence electrons. The minimum atomic E-state index is -1.11. The number of carbonyl (C=O) groups is 3. The summed E-state index contributed by atoms with van der Waals surface area (Å²) < 4.78 is 5.44. The first kappa shape index (κ1) is 24.9. The van der Waals surface area contributed by atoms with Crippen molar-refractivity contribution in [3.05, 3.63) is 66.2 Å². The molecular formula is C25H30N4O5. The Morgan fingerprint density at radius 2 is 1.74 bits per heavy atom. The summed E-state index contributed by atoms with van der Waals surface area (Å²) >= 11 is 0. The highest BCUT2D eigenvalue weighted by molar-refractivity contribution is 5.89. The predicted molar refractivity (Wildman–Crippen MR) is 126 cm³/mol. The van der Waals surface area contributed by atoms with Gasteiger partial charge in [-0.3, -0.25) is 9.69 Å². The van der Waals surface area contributed by atoms with Gasteiger partial charge in [-0.05, 0) is 30.0 Å². The molecule has 9 heteroatoms. The number of hydrogen-bond donors (Lipinski definition) is 2. The van der Waals surface area contributed by atoms with E-state index in [1.807, 2.05) is 62.4 Å². The van der Waals surface area contributed by atoms with Crippen LogP contribution in [0.25, 0.3) is 0 Å². The van der Waals surface area contributed by atoms with Gasteiger partial charge in [-0.25, -0.2) is 9.59 Å². The van der Waals surface area contributed by atoms with Crippen molar-refractivity contribution in [2.24, 2.45) is 16.1 Å². The Morgan fingerprint density at radius 1 is 1.09 bits per heavy atom. The number of hydrogen-bond acceptors (Lipinski definition) is 6. The van der Waals surface area contributed by atoms with Crippen LogP contribution in [0.1, 0.15) is 32.3 Å². The Hall–Kier alpha value is -3.75. The van der Waals surface area contributed by atoms with Crippen LogP contribution >= 0.6 is 0 Å². The number of carbonyl (C=O) groups excluding carboxylic acids is 2. The van der Waals surface area contributed by atoms with Crippen LogP contribution in [-0.2, 0) is 20.9 Å².